The molecule has 0 aromatic rings. The third-order valence-electron chi connectivity index (χ3n) is 5.04. The monoisotopic (exact) mass is 312 g/mol. The lowest BCUT2D eigenvalue weighted by Crippen LogP contribution is -2.43. The smallest absolute Gasteiger partial charge is 0.241 e. The number of carbonyl (C=O) groups is 1. The van der Waals surface area contributed by atoms with Gasteiger partial charge in [0.25, 0.3) is 0 Å². The van der Waals surface area contributed by atoms with Gasteiger partial charge in [-0.05, 0) is 50.0 Å². The van der Waals surface area contributed by atoms with Crippen LogP contribution in [-0.2, 0) is 4.79 Å². The minimum Gasteiger partial charge on any atom is -0.326 e. The molecule has 0 aromatic carbocycles. The molecule has 2 rings (SSSR count). The largest absolute Gasteiger partial charge is 0.326 e. The van der Waals surface area contributed by atoms with E-state index in [2.05, 4.69) is 23.4 Å². The first kappa shape index (κ1) is 17.1. The minimum absolute atomic E-state index is 0.0760. The van der Waals surface area contributed by atoms with Crippen LogP contribution in [0.25, 0.3) is 0 Å². The van der Waals surface area contributed by atoms with E-state index >= 15 is 0 Å². The lowest BCUT2D eigenvalue weighted by atomic mass is 10.0. The van der Waals surface area contributed by atoms with Crippen LogP contribution in [0.3, 0.4) is 0 Å². The molecule has 0 spiro atoms. The second-order valence-electron chi connectivity index (χ2n) is 6.56. The van der Waals surface area contributed by atoms with Crippen LogP contribution in [0.2, 0.25) is 0 Å². The van der Waals surface area contributed by atoms with Crippen LogP contribution in [0.4, 0.5) is 0 Å². The van der Waals surface area contributed by atoms with Gasteiger partial charge in [-0.3, -0.25) is 10.1 Å². The molecule has 1 saturated carbocycles. The molecule has 1 saturated heterocycles. The van der Waals surface area contributed by atoms with E-state index in [1.54, 1.807) is 0 Å². The highest BCUT2D eigenvalue weighted by atomic mass is 32.2. The van der Waals surface area contributed by atoms with E-state index in [9.17, 15) is 4.79 Å². The van der Waals surface area contributed by atoms with Crippen LogP contribution < -0.4 is 5.32 Å². The van der Waals surface area contributed by atoms with Gasteiger partial charge in [-0.1, -0.05) is 32.6 Å². The van der Waals surface area contributed by atoms with Crippen molar-refractivity contribution in [2.24, 2.45) is 5.92 Å². The van der Waals surface area contributed by atoms with Gasteiger partial charge in [0, 0.05) is 6.54 Å². The average molecular weight is 313 g/mol. The summed E-state index contributed by atoms with van der Waals surface area (Å²) in [6.45, 7) is 3.08. The predicted octanol–water partition coefficient (Wildman–Crippen LogP) is 3.64. The van der Waals surface area contributed by atoms with Crippen LogP contribution in [0.1, 0.15) is 64.7 Å². The summed E-state index contributed by atoms with van der Waals surface area (Å²) >= 11 is 1.93. The van der Waals surface area contributed by atoms with Crippen molar-refractivity contribution in [2.75, 3.05) is 18.6 Å². The lowest BCUT2D eigenvalue weighted by Gasteiger charge is -2.29. The molecule has 0 radical (unpaired) electrons. The van der Waals surface area contributed by atoms with Gasteiger partial charge in [-0.25, -0.2) is 0 Å². The third kappa shape index (κ3) is 4.62. The SMILES string of the molecule is CCC1NC(C2CCCC2)N(CCCCCCSC)C1=O. The van der Waals surface area contributed by atoms with Gasteiger partial charge in [-0.15, -0.1) is 0 Å². The molecule has 3 nitrogen and oxygen atoms in total. The Kier molecular flexibility index (Phi) is 7.38. The number of carbonyl (C=O) groups excluding carboxylic acids is 1. The van der Waals surface area contributed by atoms with Crippen molar-refractivity contribution < 1.29 is 4.79 Å². The Hall–Kier alpha value is -0.220. The summed E-state index contributed by atoms with van der Waals surface area (Å²) in [6.07, 6.45) is 13.8. The number of nitrogens with one attached hydrogen (secondary N) is 1. The van der Waals surface area contributed by atoms with Crippen molar-refractivity contribution in [2.45, 2.75) is 76.9 Å². The van der Waals surface area contributed by atoms with Gasteiger partial charge >= 0.3 is 0 Å². The predicted molar refractivity (Wildman–Crippen MR) is 91.5 cm³/mol. The van der Waals surface area contributed by atoms with Crippen LogP contribution in [0, 0.1) is 5.92 Å². The highest BCUT2D eigenvalue weighted by Crippen LogP contribution is 2.32. The fraction of sp³-hybridized carbons (Fsp3) is 0.941. The summed E-state index contributed by atoms with van der Waals surface area (Å²) in [6, 6.07) is 0.0760. The first-order chi connectivity index (χ1) is 10.3. The number of thioether (sulfide) groups is 1. The van der Waals surface area contributed by atoms with Crippen molar-refractivity contribution in [1.82, 2.24) is 10.2 Å². The summed E-state index contributed by atoms with van der Waals surface area (Å²) in [5.41, 5.74) is 0. The van der Waals surface area contributed by atoms with Gasteiger partial charge in [0.2, 0.25) is 5.91 Å². The zero-order chi connectivity index (χ0) is 15.1. The highest BCUT2D eigenvalue weighted by molar-refractivity contribution is 7.98. The summed E-state index contributed by atoms with van der Waals surface area (Å²) in [7, 11) is 0. The van der Waals surface area contributed by atoms with Crippen molar-refractivity contribution in [3.63, 3.8) is 0 Å². The molecular weight excluding hydrogens is 280 g/mol. The van der Waals surface area contributed by atoms with E-state index in [1.807, 2.05) is 11.8 Å². The first-order valence-corrected chi connectivity index (χ1v) is 10.2. The Morgan fingerprint density at radius 3 is 2.57 bits per heavy atom. The minimum atomic E-state index is 0.0760. The topological polar surface area (TPSA) is 32.3 Å². The summed E-state index contributed by atoms with van der Waals surface area (Å²) in [5.74, 6) is 2.33. The van der Waals surface area contributed by atoms with Crippen LogP contribution in [0.5, 0.6) is 0 Å². The molecule has 4 heteroatoms. The Bertz CT molecular complexity index is 318. The second-order valence-corrected chi connectivity index (χ2v) is 7.54. The fourth-order valence-corrected chi connectivity index (χ4v) is 4.28. The van der Waals surface area contributed by atoms with Crippen molar-refractivity contribution in [1.29, 1.82) is 0 Å². The van der Waals surface area contributed by atoms with Crippen molar-refractivity contribution >= 4 is 17.7 Å². The molecule has 1 aliphatic heterocycles. The quantitative estimate of drug-likeness (QED) is 0.660. The van der Waals surface area contributed by atoms with Gasteiger partial charge in [0.1, 0.15) is 0 Å². The standard InChI is InChI=1S/C17H32N2OS/c1-3-15-17(20)19(12-8-4-5-9-13-21-2)16(18-15)14-10-6-7-11-14/h14-16,18H,3-13H2,1-2H3. The zero-order valence-electron chi connectivity index (χ0n) is 13.8. The molecular formula is C17H32N2OS. The Morgan fingerprint density at radius 1 is 1.19 bits per heavy atom. The summed E-state index contributed by atoms with van der Waals surface area (Å²) < 4.78 is 0. The van der Waals surface area contributed by atoms with E-state index in [0.29, 0.717) is 18.0 Å². The number of rotatable bonds is 9. The Morgan fingerprint density at radius 2 is 1.90 bits per heavy atom. The molecule has 0 aromatic heterocycles. The highest BCUT2D eigenvalue weighted by Gasteiger charge is 2.41. The van der Waals surface area contributed by atoms with Crippen LogP contribution >= 0.6 is 11.8 Å². The van der Waals surface area contributed by atoms with E-state index in [0.717, 1.165) is 13.0 Å². The fourth-order valence-electron chi connectivity index (χ4n) is 3.79. The molecule has 2 atom stereocenters. The molecule has 2 fully saturated rings. The van der Waals surface area contributed by atoms with Gasteiger partial charge in [0.05, 0.1) is 12.2 Å². The molecule has 2 unspecified atom stereocenters. The maximum Gasteiger partial charge on any atom is 0.241 e. The second kappa shape index (κ2) is 9.04. The number of amides is 1. The van der Waals surface area contributed by atoms with Gasteiger partial charge in [-0.2, -0.15) is 11.8 Å². The molecule has 1 N–H and O–H groups in total. The Balaban J connectivity index is 1.80. The Labute approximate surface area is 134 Å². The maximum atomic E-state index is 12.5. The molecule has 1 heterocycles. The van der Waals surface area contributed by atoms with E-state index in [-0.39, 0.29) is 6.04 Å². The number of hydrogen-bond acceptors (Lipinski definition) is 3. The normalized spacial score (nSPS) is 27.0. The molecule has 2 aliphatic rings. The molecule has 1 aliphatic carbocycles. The van der Waals surface area contributed by atoms with Gasteiger partial charge < -0.3 is 4.90 Å². The number of hydrogen-bond donors (Lipinski definition) is 1. The summed E-state index contributed by atoms with van der Waals surface area (Å²) in [5, 5.41) is 3.62. The molecule has 122 valence electrons. The van der Waals surface area contributed by atoms with Crippen LogP contribution in [-0.4, -0.2) is 41.6 Å². The summed E-state index contributed by atoms with van der Waals surface area (Å²) in [4.78, 5) is 14.7. The van der Waals surface area contributed by atoms with Crippen LogP contribution in [0.15, 0.2) is 0 Å². The molecule has 0 bridgehead atoms. The molecule has 21 heavy (non-hydrogen) atoms. The molecule has 1 amide bonds. The van der Waals surface area contributed by atoms with Crippen molar-refractivity contribution in [3.05, 3.63) is 0 Å². The first-order valence-electron chi connectivity index (χ1n) is 8.83. The third-order valence-corrected chi connectivity index (χ3v) is 5.74. The average Bonchev–Trinajstić information content (AvgIpc) is 3.11. The number of nitrogens with zero attached hydrogens (tertiary/aromatic N) is 1. The van der Waals surface area contributed by atoms with Gasteiger partial charge in [0.15, 0.2) is 0 Å². The maximum absolute atomic E-state index is 12.5. The van der Waals surface area contributed by atoms with E-state index in [4.69, 9.17) is 0 Å². The van der Waals surface area contributed by atoms with Crippen molar-refractivity contribution in [3.8, 4) is 0 Å². The zero-order valence-corrected chi connectivity index (χ0v) is 14.6. The van der Waals surface area contributed by atoms with E-state index in [1.165, 1.54) is 57.1 Å². The lowest BCUT2D eigenvalue weighted by molar-refractivity contribution is -0.130. The number of unbranched alkanes of at least 4 members (excludes halogenated alkanes) is 3. The van der Waals surface area contributed by atoms with E-state index < -0.39 is 0 Å².